The van der Waals surface area contributed by atoms with Crippen LogP contribution in [0.15, 0.2) is 18.2 Å². The summed E-state index contributed by atoms with van der Waals surface area (Å²) in [5, 5.41) is 0.794. The van der Waals surface area contributed by atoms with Crippen molar-refractivity contribution in [1.82, 2.24) is 0 Å². The number of Topliss-reactive ketones (excluding diaryl/α,β-unsaturated/α-hetero) is 1. The molecule has 0 amide bonds. The van der Waals surface area contributed by atoms with Gasteiger partial charge in [0.1, 0.15) is 5.78 Å². The lowest BCUT2D eigenvalue weighted by molar-refractivity contribution is -0.117. The first-order chi connectivity index (χ1) is 9.74. The minimum Gasteiger partial charge on any atom is -0.299 e. The van der Waals surface area contributed by atoms with Crippen molar-refractivity contribution in [2.75, 3.05) is 0 Å². The Morgan fingerprint density at radius 3 is 2.05 bits per heavy atom. The Morgan fingerprint density at radius 2 is 1.57 bits per heavy atom. The van der Waals surface area contributed by atoms with Crippen molar-refractivity contribution in [3.63, 3.8) is 0 Å². The first-order valence-electron chi connectivity index (χ1n) is 8.04. The van der Waals surface area contributed by atoms with Gasteiger partial charge in [0, 0.05) is 17.0 Å². The zero-order valence-corrected chi connectivity index (χ0v) is 15.8. The molecule has 1 aromatic rings. The largest absolute Gasteiger partial charge is 0.299 e. The van der Waals surface area contributed by atoms with Crippen LogP contribution >= 0.6 is 11.6 Å². The molecule has 1 nitrogen and oxygen atoms in total. The van der Waals surface area contributed by atoms with Gasteiger partial charge in [-0.05, 0) is 33.8 Å². The Kier molecular flexibility index (Phi) is 4.70. The fourth-order valence-electron chi connectivity index (χ4n) is 5.04. The van der Waals surface area contributed by atoms with Gasteiger partial charge in [0.25, 0.3) is 0 Å². The number of hydrogen-bond acceptors (Lipinski definition) is 1. The van der Waals surface area contributed by atoms with Gasteiger partial charge in [0.2, 0.25) is 0 Å². The van der Waals surface area contributed by atoms with E-state index in [1.165, 1.54) is 0 Å². The van der Waals surface area contributed by atoms with Gasteiger partial charge in [0.15, 0.2) is 0 Å². The zero-order valence-electron chi connectivity index (χ0n) is 14.0. The molecule has 0 heterocycles. The van der Waals surface area contributed by atoms with Crippen LogP contribution < -0.4 is 0 Å². The van der Waals surface area contributed by atoms with Crippen LogP contribution in [0.4, 0.5) is 0 Å². The van der Waals surface area contributed by atoms with Crippen LogP contribution in [-0.4, -0.2) is 13.9 Å². The Bertz CT molecular complexity index is 526. The topological polar surface area (TPSA) is 17.1 Å². The van der Waals surface area contributed by atoms with Gasteiger partial charge >= 0.3 is 0 Å². The summed E-state index contributed by atoms with van der Waals surface area (Å²) in [4.78, 5) is 12.9. The molecule has 1 atom stereocenters. The maximum atomic E-state index is 12.9. The van der Waals surface area contributed by atoms with Crippen molar-refractivity contribution in [3.05, 3.63) is 34.3 Å². The van der Waals surface area contributed by atoms with Crippen LogP contribution in [0.1, 0.15) is 58.2 Å². The number of hydrogen-bond donors (Lipinski definition) is 0. The van der Waals surface area contributed by atoms with E-state index in [1.807, 2.05) is 12.1 Å². The van der Waals surface area contributed by atoms with Crippen LogP contribution in [-0.2, 0) is 11.2 Å². The van der Waals surface area contributed by atoms with Crippen molar-refractivity contribution in [2.45, 2.75) is 70.1 Å². The first-order valence-corrected chi connectivity index (χ1v) is 10.7. The number of benzene rings is 1. The Labute approximate surface area is 135 Å². The maximum absolute atomic E-state index is 12.9. The summed E-state index contributed by atoms with van der Waals surface area (Å²) in [7, 11) is -1.87. The number of fused-ring (bicyclic) bond motifs is 1. The summed E-state index contributed by atoms with van der Waals surface area (Å²) in [6, 6.07) is 6.01. The average molecular weight is 323 g/mol. The Hall–Kier alpha value is -0.603. The molecule has 0 spiro atoms. The van der Waals surface area contributed by atoms with Crippen molar-refractivity contribution in [1.29, 1.82) is 0 Å². The van der Waals surface area contributed by atoms with Crippen LogP contribution in [0.2, 0.25) is 21.6 Å². The molecule has 0 aliphatic heterocycles. The monoisotopic (exact) mass is 322 g/mol. The third-order valence-corrected chi connectivity index (χ3v) is 13.6. The summed E-state index contributed by atoms with van der Waals surface area (Å²) in [5.41, 5.74) is 4.08. The fraction of sp³-hybridized carbons (Fsp3) is 0.611. The molecular formula is C18H27ClOSi. The molecular weight excluding hydrogens is 296 g/mol. The second-order valence-corrected chi connectivity index (χ2v) is 13.8. The molecule has 116 valence electrons. The number of carbonyl (C=O) groups excluding carboxylic acids is 1. The average Bonchev–Trinajstić information content (AvgIpc) is 2.67. The van der Waals surface area contributed by atoms with Crippen LogP contribution in [0.3, 0.4) is 0 Å². The molecule has 0 aromatic heterocycles. The normalized spacial score (nSPS) is 19.0. The lowest BCUT2D eigenvalue weighted by atomic mass is 10.1. The van der Waals surface area contributed by atoms with E-state index in [9.17, 15) is 4.79 Å². The first kappa shape index (κ1) is 16.8. The Balaban J connectivity index is 2.71. The van der Waals surface area contributed by atoms with Crippen LogP contribution in [0.25, 0.3) is 0 Å². The number of ketones is 1. The van der Waals surface area contributed by atoms with Gasteiger partial charge in [-0.2, -0.15) is 0 Å². The van der Waals surface area contributed by atoms with Crippen molar-refractivity contribution >= 4 is 25.5 Å². The van der Waals surface area contributed by atoms with Gasteiger partial charge in [0.05, 0.1) is 8.07 Å². The summed E-state index contributed by atoms with van der Waals surface area (Å²) in [5.74, 6) is 0.404. The van der Waals surface area contributed by atoms with Gasteiger partial charge in [-0.15, -0.1) is 0 Å². The second-order valence-electron chi connectivity index (χ2n) is 7.35. The molecule has 0 saturated heterocycles. The third kappa shape index (κ3) is 2.41. The highest BCUT2D eigenvalue weighted by molar-refractivity contribution is 6.87. The molecule has 1 aliphatic carbocycles. The van der Waals surface area contributed by atoms with E-state index < -0.39 is 8.07 Å². The highest BCUT2D eigenvalue weighted by Gasteiger charge is 2.55. The van der Waals surface area contributed by atoms with Crippen LogP contribution in [0, 0.1) is 0 Å². The number of carbonyl (C=O) groups is 1. The SMILES string of the molecule is CC(C)[Si](C(C)C)(C(C)C)C1C(=O)Cc2cccc(Cl)c21. The second kappa shape index (κ2) is 5.89. The van der Waals surface area contributed by atoms with E-state index in [1.54, 1.807) is 0 Å². The predicted molar refractivity (Wildman–Crippen MR) is 94.0 cm³/mol. The molecule has 1 aromatic carbocycles. The molecule has 0 saturated carbocycles. The molecule has 0 fully saturated rings. The maximum Gasteiger partial charge on any atom is 0.142 e. The van der Waals surface area contributed by atoms with E-state index in [2.05, 4.69) is 47.6 Å². The van der Waals surface area contributed by atoms with Gasteiger partial charge in [-0.3, -0.25) is 4.79 Å². The standard InChI is InChI=1S/C18H27ClOSi/c1-11(2)21(12(3)4,13(5)6)18-16(20)10-14-8-7-9-15(19)17(14)18/h7-9,11-13,18H,10H2,1-6H3. The molecule has 3 heteroatoms. The Morgan fingerprint density at radius 1 is 1.05 bits per heavy atom. The van der Waals surface area contributed by atoms with E-state index in [0.717, 1.165) is 16.1 Å². The summed E-state index contributed by atoms with van der Waals surface area (Å²) < 4.78 is 0. The zero-order chi connectivity index (χ0) is 15.9. The molecule has 0 radical (unpaired) electrons. The molecule has 0 N–H and O–H groups in total. The number of halogens is 1. The fourth-order valence-corrected chi connectivity index (χ4v) is 12.9. The molecule has 21 heavy (non-hydrogen) atoms. The highest BCUT2D eigenvalue weighted by atomic mass is 35.5. The van der Waals surface area contributed by atoms with E-state index >= 15 is 0 Å². The molecule has 2 rings (SSSR count). The minimum atomic E-state index is -1.87. The third-order valence-electron chi connectivity index (χ3n) is 5.62. The van der Waals surface area contributed by atoms with Gasteiger partial charge in [-0.1, -0.05) is 65.3 Å². The summed E-state index contributed by atoms with van der Waals surface area (Å²) in [6.45, 7) is 13.9. The summed E-state index contributed by atoms with van der Waals surface area (Å²) in [6.07, 6.45) is 0.571. The van der Waals surface area contributed by atoms with Crippen molar-refractivity contribution < 1.29 is 4.79 Å². The van der Waals surface area contributed by atoms with E-state index in [0.29, 0.717) is 28.8 Å². The number of rotatable bonds is 4. The smallest absolute Gasteiger partial charge is 0.142 e. The quantitative estimate of drug-likeness (QED) is 0.643. The molecule has 1 aliphatic rings. The molecule has 0 bridgehead atoms. The van der Waals surface area contributed by atoms with Crippen molar-refractivity contribution in [3.8, 4) is 0 Å². The van der Waals surface area contributed by atoms with E-state index in [4.69, 9.17) is 11.6 Å². The highest BCUT2D eigenvalue weighted by Crippen LogP contribution is 2.54. The van der Waals surface area contributed by atoms with E-state index in [-0.39, 0.29) is 5.54 Å². The molecule has 1 unspecified atom stereocenters. The van der Waals surface area contributed by atoms with Crippen LogP contribution in [0.5, 0.6) is 0 Å². The predicted octanol–water partition coefficient (Wildman–Crippen LogP) is 5.77. The van der Waals surface area contributed by atoms with Crippen molar-refractivity contribution in [2.24, 2.45) is 0 Å². The lowest BCUT2D eigenvalue weighted by Crippen LogP contribution is -2.52. The lowest BCUT2D eigenvalue weighted by Gasteiger charge is -2.47. The summed E-state index contributed by atoms with van der Waals surface area (Å²) >= 11 is 6.52. The van der Waals surface area contributed by atoms with Gasteiger partial charge < -0.3 is 0 Å². The minimum absolute atomic E-state index is 0.0706. The van der Waals surface area contributed by atoms with Gasteiger partial charge in [-0.25, -0.2) is 0 Å².